The number of carboxylic acids is 1. The molecule has 0 aliphatic heterocycles. The largest absolute Gasteiger partial charge is 0.480 e. The maximum absolute atomic E-state index is 12.7. The van der Waals surface area contributed by atoms with Crippen molar-refractivity contribution in [3.05, 3.63) is 55.8 Å². The summed E-state index contributed by atoms with van der Waals surface area (Å²) in [4.78, 5) is 36.0. The Bertz CT molecular complexity index is 881. The molecular formula is C16H17ClN2O4. The Morgan fingerprint density at radius 3 is 2.48 bits per heavy atom. The van der Waals surface area contributed by atoms with E-state index >= 15 is 0 Å². The third kappa shape index (κ3) is 3.22. The molecule has 0 saturated heterocycles. The Hall–Kier alpha value is -2.34. The topological polar surface area (TPSA) is 81.3 Å². The number of benzene rings is 1. The zero-order valence-corrected chi connectivity index (χ0v) is 13.8. The van der Waals surface area contributed by atoms with Crippen LogP contribution in [0.1, 0.15) is 25.5 Å². The van der Waals surface area contributed by atoms with Crippen LogP contribution in [0.25, 0.3) is 11.1 Å². The number of hydrogen-bond acceptors (Lipinski definition) is 3. The van der Waals surface area contributed by atoms with Crippen LogP contribution in [0.4, 0.5) is 0 Å². The number of hydrogen-bond donors (Lipinski definition) is 1. The number of aliphatic carboxylic acids is 1. The van der Waals surface area contributed by atoms with E-state index in [0.29, 0.717) is 16.1 Å². The first-order valence-electron chi connectivity index (χ1n) is 7.07. The molecule has 6 nitrogen and oxygen atoms in total. The van der Waals surface area contributed by atoms with E-state index in [1.165, 1.54) is 6.20 Å². The number of aromatic nitrogens is 2. The average molecular weight is 337 g/mol. The summed E-state index contributed by atoms with van der Waals surface area (Å²) in [5.74, 6) is -1.16. The molecule has 0 bridgehead atoms. The van der Waals surface area contributed by atoms with Gasteiger partial charge in [-0.05, 0) is 38.0 Å². The quantitative estimate of drug-likeness (QED) is 0.928. The van der Waals surface area contributed by atoms with E-state index in [1.807, 2.05) is 0 Å². The molecule has 0 saturated carbocycles. The lowest BCUT2D eigenvalue weighted by molar-refractivity contribution is -0.137. The van der Waals surface area contributed by atoms with Crippen molar-refractivity contribution in [2.45, 2.75) is 33.4 Å². The Kier molecular flexibility index (Phi) is 4.75. The zero-order valence-electron chi connectivity index (χ0n) is 13.0. The lowest BCUT2D eigenvalue weighted by Crippen LogP contribution is -2.42. The highest BCUT2D eigenvalue weighted by Crippen LogP contribution is 2.26. The van der Waals surface area contributed by atoms with Gasteiger partial charge in [-0.15, -0.1) is 0 Å². The second-order valence-corrected chi connectivity index (χ2v) is 5.94. The van der Waals surface area contributed by atoms with E-state index in [4.69, 9.17) is 16.7 Å². The van der Waals surface area contributed by atoms with Crippen molar-refractivity contribution < 1.29 is 9.90 Å². The smallest absolute Gasteiger partial charge is 0.331 e. The third-order valence-corrected chi connectivity index (χ3v) is 3.98. The highest BCUT2D eigenvalue weighted by Gasteiger charge is 2.18. The lowest BCUT2D eigenvalue weighted by atomic mass is 10.0. The van der Waals surface area contributed by atoms with Crippen molar-refractivity contribution in [3.8, 4) is 11.1 Å². The molecule has 0 unspecified atom stereocenters. The number of carboxylic acid groups (broad SMARTS) is 1. The summed E-state index contributed by atoms with van der Waals surface area (Å²) < 4.78 is 2.08. The van der Waals surface area contributed by atoms with Crippen molar-refractivity contribution >= 4 is 17.6 Å². The molecule has 2 rings (SSSR count). The molecule has 0 spiro atoms. The van der Waals surface area contributed by atoms with Gasteiger partial charge in [0.05, 0.1) is 5.56 Å². The Morgan fingerprint density at radius 2 is 1.91 bits per heavy atom. The van der Waals surface area contributed by atoms with Crippen LogP contribution in [0.3, 0.4) is 0 Å². The van der Waals surface area contributed by atoms with Crippen LogP contribution in [0.5, 0.6) is 0 Å². The number of carbonyl (C=O) groups is 1. The summed E-state index contributed by atoms with van der Waals surface area (Å²) in [5, 5.41) is 9.48. The van der Waals surface area contributed by atoms with Crippen LogP contribution in [0.15, 0.2) is 34.0 Å². The normalized spacial score (nSPS) is 11.0. The maximum Gasteiger partial charge on any atom is 0.331 e. The molecule has 0 fully saturated rings. The van der Waals surface area contributed by atoms with Gasteiger partial charge in [-0.1, -0.05) is 23.7 Å². The van der Waals surface area contributed by atoms with Crippen molar-refractivity contribution in [2.75, 3.05) is 0 Å². The number of nitrogens with zero attached hydrogens (tertiary/aromatic N) is 2. The zero-order chi connectivity index (χ0) is 17.3. The summed E-state index contributed by atoms with van der Waals surface area (Å²) in [5.41, 5.74) is 0.422. The molecule has 0 radical (unpaired) electrons. The van der Waals surface area contributed by atoms with E-state index in [2.05, 4.69) is 0 Å². The van der Waals surface area contributed by atoms with Gasteiger partial charge in [0.2, 0.25) is 0 Å². The molecule has 1 aromatic carbocycles. The van der Waals surface area contributed by atoms with Gasteiger partial charge < -0.3 is 5.11 Å². The molecule has 1 heterocycles. The van der Waals surface area contributed by atoms with Gasteiger partial charge in [-0.25, -0.2) is 4.79 Å². The molecule has 2 aromatic rings. The predicted octanol–water partition coefficient (Wildman–Crippen LogP) is 2.30. The SMILES string of the molecule is Cc1c(Cl)cccc1-c1cn(CC(=O)O)c(=O)n(C(C)C)c1=O. The van der Waals surface area contributed by atoms with Crippen LogP contribution in [-0.4, -0.2) is 20.2 Å². The number of halogens is 1. The third-order valence-electron chi connectivity index (χ3n) is 3.57. The summed E-state index contributed by atoms with van der Waals surface area (Å²) in [7, 11) is 0. The molecule has 7 heteroatoms. The summed E-state index contributed by atoms with van der Waals surface area (Å²) >= 11 is 6.10. The van der Waals surface area contributed by atoms with Gasteiger partial charge in [0, 0.05) is 17.3 Å². The monoisotopic (exact) mass is 336 g/mol. The molecule has 0 atom stereocenters. The molecule has 1 aromatic heterocycles. The van der Waals surface area contributed by atoms with Gasteiger partial charge in [0.1, 0.15) is 6.54 Å². The summed E-state index contributed by atoms with van der Waals surface area (Å²) in [6, 6.07) is 4.73. The second-order valence-electron chi connectivity index (χ2n) is 5.53. The van der Waals surface area contributed by atoms with Crippen molar-refractivity contribution in [1.29, 1.82) is 0 Å². The first kappa shape index (κ1) is 17.0. The molecule has 0 aliphatic carbocycles. The minimum absolute atomic E-state index is 0.250. The fourth-order valence-electron chi connectivity index (χ4n) is 2.42. The predicted molar refractivity (Wildman–Crippen MR) is 88.2 cm³/mol. The molecule has 122 valence electrons. The number of rotatable bonds is 4. The maximum atomic E-state index is 12.7. The van der Waals surface area contributed by atoms with Crippen molar-refractivity contribution in [3.63, 3.8) is 0 Å². The fraction of sp³-hybridized carbons (Fsp3) is 0.312. The van der Waals surface area contributed by atoms with Gasteiger partial charge in [0.25, 0.3) is 5.56 Å². The summed E-state index contributed by atoms with van der Waals surface area (Å²) in [6.45, 7) is 4.65. The highest BCUT2D eigenvalue weighted by molar-refractivity contribution is 6.31. The molecule has 1 N–H and O–H groups in total. The first-order chi connectivity index (χ1) is 10.7. The van der Waals surface area contributed by atoms with Crippen molar-refractivity contribution in [1.82, 2.24) is 9.13 Å². The van der Waals surface area contributed by atoms with Crippen molar-refractivity contribution in [2.24, 2.45) is 0 Å². The lowest BCUT2D eigenvalue weighted by Gasteiger charge is -2.15. The minimum atomic E-state index is -1.16. The fourth-order valence-corrected chi connectivity index (χ4v) is 2.59. The Morgan fingerprint density at radius 1 is 1.26 bits per heavy atom. The standard InChI is InChI=1S/C16H17ClN2O4/c1-9(2)19-15(22)12(7-18(16(19)23)8-14(20)21)11-5-4-6-13(17)10(11)3/h4-7,9H,8H2,1-3H3,(H,20,21). The van der Waals surface area contributed by atoms with Crippen LogP contribution < -0.4 is 11.2 Å². The Balaban J connectivity index is 2.86. The molecular weight excluding hydrogens is 320 g/mol. The summed E-state index contributed by atoms with van der Waals surface area (Å²) in [6.07, 6.45) is 1.29. The van der Waals surface area contributed by atoms with E-state index in [-0.39, 0.29) is 5.56 Å². The van der Waals surface area contributed by atoms with E-state index in [1.54, 1.807) is 39.0 Å². The van der Waals surface area contributed by atoms with E-state index in [9.17, 15) is 14.4 Å². The first-order valence-corrected chi connectivity index (χ1v) is 7.45. The van der Waals surface area contributed by atoms with Gasteiger partial charge in [-0.2, -0.15) is 0 Å². The van der Waals surface area contributed by atoms with E-state index in [0.717, 1.165) is 9.13 Å². The Labute approximate surface area is 137 Å². The van der Waals surface area contributed by atoms with Crippen LogP contribution in [0.2, 0.25) is 5.02 Å². The van der Waals surface area contributed by atoms with Crippen LogP contribution >= 0.6 is 11.6 Å². The van der Waals surface area contributed by atoms with Crippen LogP contribution in [0, 0.1) is 6.92 Å². The molecule has 23 heavy (non-hydrogen) atoms. The molecule has 0 amide bonds. The average Bonchev–Trinajstić information content (AvgIpc) is 2.44. The molecule has 0 aliphatic rings. The van der Waals surface area contributed by atoms with Gasteiger partial charge >= 0.3 is 11.7 Å². The highest BCUT2D eigenvalue weighted by atomic mass is 35.5. The van der Waals surface area contributed by atoms with Crippen LogP contribution in [-0.2, 0) is 11.3 Å². The van der Waals surface area contributed by atoms with E-state index < -0.39 is 29.8 Å². The van der Waals surface area contributed by atoms with Gasteiger partial charge in [-0.3, -0.25) is 18.7 Å². The second kappa shape index (κ2) is 6.42. The van der Waals surface area contributed by atoms with Gasteiger partial charge in [0.15, 0.2) is 0 Å². The minimum Gasteiger partial charge on any atom is -0.480 e.